The number of rotatable bonds is 4. The lowest BCUT2D eigenvalue weighted by atomic mass is 10.1. The Morgan fingerprint density at radius 2 is 2.32 bits per heavy atom. The van der Waals surface area contributed by atoms with Gasteiger partial charge in [-0.2, -0.15) is 0 Å². The fourth-order valence-electron chi connectivity index (χ4n) is 2.43. The van der Waals surface area contributed by atoms with Gasteiger partial charge in [-0.1, -0.05) is 6.07 Å². The van der Waals surface area contributed by atoms with Gasteiger partial charge in [0.2, 0.25) is 0 Å². The van der Waals surface area contributed by atoms with Crippen LogP contribution in [-0.2, 0) is 6.54 Å². The van der Waals surface area contributed by atoms with Crippen LogP contribution in [0.15, 0.2) is 18.2 Å². The van der Waals surface area contributed by atoms with Crippen molar-refractivity contribution in [3.8, 4) is 5.75 Å². The van der Waals surface area contributed by atoms with Crippen molar-refractivity contribution in [1.29, 1.82) is 0 Å². The summed E-state index contributed by atoms with van der Waals surface area (Å²) >= 11 is 0. The minimum atomic E-state index is -0.454. The molecule has 2 N–H and O–H groups in total. The normalized spacial score (nSPS) is 18.4. The van der Waals surface area contributed by atoms with E-state index in [1.807, 2.05) is 13.8 Å². The molecule has 5 nitrogen and oxygen atoms in total. The van der Waals surface area contributed by atoms with Gasteiger partial charge in [0.15, 0.2) is 11.6 Å². The van der Waals surface area contributed by atoms with Gasteiger partial charge in [0, 0.05) is 19.6 Å². The van der Waals surface area contributed by atoms with Crippen LogP contribution in [0.25, 0.3) is 0 Å². The smallest absolute Gasteiger partial charge is 0.317 e. The number of β-amino-alcohol motifs (C(OH)–C–C–N with tert-alkyl or cyclic N) is 1. The summed E-state index contributed by atoms with van der Waals surface area (Å²) in [5.41, 5.74) is 0.666. The number of piperidine rings is 1. The molecule has 0 unspecified atom stereocenters. The van der Waals surface area contributed by atoms with Crippen LogP contribution in [0, 0.1) is 5.82 Å². The first-order valence-electron chi connectivity index (χ1n) is 7.61. The van der Waals surface area contributed by atoms with Crippen LogP contribution in [0.2, 0.25) is 0 Å². The fourth-order valence-corrected chi connectivity index (χ4v) is 2.43. The fraction of sp³-hybridized carbons (Fsp3) is 0.562. The van der Waals surface area contributed by atoms with E-state index < -0.39 is 11.9 Å². The third-order valence-corrected chi connectivity index (χ3v) is 3.49. The third-order valence-electron chi connectivity index (χ3n) is 3.49. The molecule has 1 fully saturated rings. The zero-order valence-corrected chi connectivity index (χ0v) is 13.0. The van der Waals surface area contributed by atoms with Gasteiger partial charge in [0.1, 0.15) is 0 Å². The van der Waals surface area contributed by atoms with Crippen LogP contribution >= 0.6 is 0 Å². The van der Waals surface area contributed by atoms with Crippen molar-refractivity contribution in [3.63, 3.8) is 0 Å². The van der Waals surface area contributed by atoms with Crippen LogP contribution in [0.3, 0.4) is 0 Å². The number of amides is 2. The van der Waals surface area contributed by atoms with E-state index in [9.17, 15) is 14.3 Å². The number of aliphatic hydroxyl groups excluding tert-OH is 1. The number of hydrogen-bond donors (Lipinski definition) is 2. The number of benzene rings is 1. The Morgan fingerprint density at radius 3 is 2.95 bits per heavy atom. The molecule has 0 spiro atoms. The monoisotopic (exact) mass is 310 g/mol. The number of urea groups is 1. The second-order valence-electron chi connectivity index (χ2n) is 5.83. The Bertz CT molecular complexity index is 522. The number of nitrogens with one attached hydrogen (secondary N) is 1. The summed E-state index contributed by atoms with van der Waals surface area (Å²) < 4.78 is 19.2. The molecule has 1 aromatic carbocycles. The lowest BCUT2D eigenvalue weighted by Gasteiger charge is -2.30. The van der Waals surface area contributed by atoms with Crippen molar-refractivity contribution in [1.82, 2.24) is 10.2 Å². The molecule has 1 saturated heterocycles. The Kier molecular flexibility index (Phi) is 5.60. The molecule has 1 aliphatic rings. The highest BCUT2D eigenvalue weighted by molar-refractivity contribution is 5.74. The van der Waals surface area contributed by atoms with Crippen molar-refractivity contribution in [3.05, 3.63) is 29.6 Å². The summed E-state index contributed by atoms with van der Waals surface area (Å²) in [6.07, 6.45) is 0.978. The number of hydrogen-bond acceptors (Lipinski definition) is 3. The lowest BCUT2D eigenvalue weighted by Crippen LogP contribution is -2.46. The van der Waals surface area contributed by atoms with Crippen molar-refractivity contribution in [2.24, 2.45) is 0 Å². The van der Waals surface area contributed by atoms with Crippen molar-refractivity contribution < 1.29 is 19.0 Å². The number of likely N-dealkylation sites (tertiary alicyclic amines) is 1. The molecule has 1 atom stereocenters. The highest BCUT2D eigenvalue weighted by atomic mass is 19.1. The number of aliphatic hydroxyl groups is 1. The third kappa shape index (κ3) is 4.59. The molecule has 1 heterocycles. The van der Waals surface area contributed by atoms with Gasteiger partial charge in [-0.25, -0.2) is 9.18 Å². The van der Waals surface area contributed by atoms with E-state index in [0.29, 0.717) is 18.7 Å². The van der Waals surface area contributed by atoms with E-state index in [-0.39, 0.29) is 24.4 Å². The molecule has 0 saturated carbocycles. The van der Waals surface area contributed by atoms with Gasteiger partial charge < -0.3 is 20.1 Å². The second-order valence-corrected chi connectivity index (χ2v) is 5.83. The predicted octanol–water partition coefficient (Wildman–Crippen LogP) is 2.28. The van der Waals surface area contributed by atoms with Gasteiger partial charge in [0.25, 0.3) is 0 Å². The number of carbonyl (C=O) groups excluding carboxylic acids is 1. The first-order valence-corrected chi connectivity index (χ1v) is 7.61. The minimum absolute atomic E-state index is 0.0921. The summed E-state index contributed by atoms with van der Waals surface area (Å²) in [6, 6.07) is 4.43. The van der Waals surface area contributed by atoms with Gasteiger partial charge in [-0.15, -0.1) is 0 Å². The molecule has 1 aromatic rings. The van der Waals surface area contributed by atoms with E-state index in [0.717, 1.165) is 12.8 Å². The summed E-state index contributed by atoms with van der Waals surface area (Å²) in [6.45, 7) is 4.89. The largest absolute Gasteiger partial charge is 0.488 e. The van der Waals surface area contributed by atoms with Gasteiger partial charge in [-0.3, -0.25) is 0 Å². The van der Waals surface area contributed by atoms with E-state index in [1.165, 1.54) is 6.07 Å². The minimum Gasteiger partial charge on any atom is -0.488 e. The number of halogens is 1. The standard InChI is InChI=1S/C16H23FN2O3/c1-11(2)22-15-6-5-12(8-14(15)17)9-18-16(21)19-7-3-4-13(20)10-19/h5-6,8,11,13,20H,3-4,7,9-10H2,1-2H3,(H,18,21)/t13-/m0/s1. The van der Waals surface area contributed by atoms with Crippen LogP contribution in [0.4, 0.5) is 9.18 Å². The lowest BCUT2D eigenvalue weighted by molar-refractivity contribution is 0.0842. The second kappa shape index (κ2) is 7.45. The van der Waals surface area contributed by atoms with Crippen LogP contribution in [-0.4, -0.2) is 41.3 Å². The van der Waals surface area contributed by atoms with Gasteiger partial charge in [-0.05, 0) is 44.4 Å². The summed E-state index contributed by atoms with van der Waals surface area (Å²) in [4.78, 5) is 13.6. The SMILES string of the molecule is CC(C)Oc1ccc(CNC(=O)N2CCC[C@H](O)C2)cc1F. The molecule has 0 aliphatic carbocycles. The van der Waals surface area contributed by atoms with Gasteiger partial charge >= 0.3 is 6.03 Å². The molecule has 22 heavy (non-hydrogen) atoms. The molecule has 6 heteroatoms. The number of ether oxygens (including phenoxy) is 1. The zero-order valence-electron chi connectivity index (χ0n) is 13.0. The molecular formula is C16H23FN2O3. The topological polar surface area (TPSA) is 61.8 Å². The molecule has 0 radical (unpaired) electrons. The molecule has 122 valence electrons. The predicted molar refractivity (Wildman–Crippen MR) is 81.2 cm³/mol. The van der Waals surface area contributed by atoms with Crippen LogP contribution < -0.4 is 10.1 Å². The highest BCUT2D eigenvalue weighted by Crippen LogP contribution is 2.19. The molecule has 0 aromatic heterocycles. The summed E-state index contributed by atoms with van der Waals surface area (Å²) in [5.74, 6) is -0.224. The first-order chi connectivity index (χ1) is 10.5. The van der Waals surface area contributed by atoms with Crippen LogP contribution in [0.5, 0.6) is 5.75 Å². The Morgan fingerprint density at radius 1 is 1.55 bits per heavy atom. The highest BCUT2D eigenvalue weighted by Gasteiger charge is 2.21. The average molecular weight is 310 g/mol. The van der Waals surface area contributed by atoms with E-state index in [4.69, 9.17) is 4.74 Å². The van der Waals surface area contributed by atoms with Crippen LogP contribution in [0.1, 0.15) is 32.3 Å². The maximum absolute atomic E-state index is 13.9. The molecule has 2 rings (SSSR count). The van der Waals surface area contributed by atoms with Crippen molar-refractivity contribution >= 4 is 6.03 Å². The molecule has 2 amide bonds. The maximum atomic E-state index is 13.9. The number of nitrogens with zero attached hydrogens (tertiary/aromatic N) is 1. The van der Waals surface area contributed by atoms with E-state index >= 15 is 0 Å². The quantitative estimate of drug-likeness (QED) is 0.897. The van der Waals surface area contributed by atoms with Crippen molar-refractivity contribution in [2.45, 2.75) is 45.4 Å². The maximum Gasteiger partial charge on any atom is 0.317 e. The Labute approximate surface area is 130 Å². The van der Waals surface area contributed by atoms with Gasteiger partial charge in [0.05, 0.1) is 12.2 Å². The summed E-state index contributed by atoms with van der Waals surface area (Å²) in [5, 5.41) is 12.3. The Balaban J connectivity index is 1.88. The summed E-state index contributed by atoms with van der Waals surface area (Å²) in [7, 11) is 0. The molecule has 1 aliphatic heterocycles. The Hall–Kier alpha value is -1.82. The van der Waals surface area contributed by atoms with E-state index in [1.54, 1.807) is 17.0 Å². The molecular weight excluding hydrogens is 287 g/mol. The molecule has 0 bridgehead atoms. The zero-order chi connectivity index (χ0) is 16.1. The van der Waals surface area contributed by atoms with Crippen molar-refractivity contribution in [2.75, 3.05) is 13.1 Å². The number of carbonyl (C=O) groups is 1. The van der Waals surface area contributed by atoms with E-state index in [2.05, 4.69) is 5.32 Å². The average Bonchev–Trinajstić information content (AvgIpc) is 2.47. The first kappa shape index (κ1) is 16.5.